The molecule has 0 amide bonds. The lowest BCUT2D eigenvalue weighted by atomic mass is 10.2. The summed E-state index contributed by atoms with van der Waals surface area (Å²) in [6.07, 6.45) is 4.88. The van der Waals surface area contributed by atoms with Gasteiger partial charge in [0.05, 0.1) is 0 Å². The van der Waals surface area contributed by atoms with Gasteiger partial charge in [-0.2, -0.15) is 0 Å². The average molecular weight is 225 g/mol. The van der Waals surface area contributed by atoms with Crippen LogP contribution in [0.5, 0.6) is 0 Å². The van der Waals surface area contributed by atoms with Gasteiger partial charge in [-0.05, 0) is 6.92 Å². The van der Waals surface area contributed by atoms with E-state index in [1.54, 1.807) is 7.11 Å². The molecule has 0 radical (unpaired) electrons. The first-order valence-electron chi connectivity index (χ1n) is 5.06. The van der Waals surface area contributed by atoms with Crippen LogP contribution in [0, 0.1) is 0 Å². The van der Waals surface area contributed by atoms with Crippen LogP contribution in [-0.2, 0) is 8.85 Å². The molecule has 80 valence electrons. The molecule has 0 heterocycles. The molecule has 1 atom stereocenters. The van der Waals surface area contributed by atoms with Crippen LogP contribution >= 0.6 is 11.1 Å². The molecule has 0 saturated carbocycles. The maximum absolute atomic E-state index is 6.20. The molecule has 0 saturated heterocycles. The predicted octanol–water partition coefficient (Wildman–Crippen LogP) is 3.43. The van der Waals surface area contributed by atoms with Crippen molar-refractivity contribution >= 4 is 18.9 Å². The lowest BCUT2D eigenvalue weighted by Gasteiger charge is -2.20. The van der Waals surface area contributed by atoms with Gasteiger partial charge in [-0.3, -0.25) is 0 Å². The zero-order valence-electron chi connectivity index (χ0n) is 8.94. The molecular weight excluding hydrogens is 204 g/mol. The smallest absolute Gasteiger partial charge is 0.386 e. The molecule has 4 heteroatoms. The Morgan fingerprint density at radius 3 is 2.31 bits per heavy atom. The van der Waals surface area contributed by atoms with E-state index in [-0.39, 0.29) is 0 Å². The summed E-state index contributed by atoms with van der Waals surface area (Å²) in [5.74, 6) is 0. The minimum atomic E-state index is -2.30. The van der Waals surface area contributed by atoms with Gasteiger partial charge in [-0.15, -0.1) is 0 Å². The minimum Gasteiger partial charge on any atom is -0.386 e. The second-order valence-corrected chi connectivity index (χ2v) is 7.35. The zero-order valence-corrected chi connectivity index (χ0v) is 10.7. The van der Waals surface area contributed by atoms with Crippen LogP contribution in [0.3, 0.4) is 0 Å². The summed E-state index contributed by atoms with van der Waals surface area (Å²) in [7, 11) is -0.654. The Bertz CT molecular complexity index is 124. The summed E-state index contributed by atoms with van der Waals surface area (Å²) < 4.78 is 10.7. The fourth-order valence-corrected chi connectivity index (χ4v) is 3.51. The molecular formula is C9H21ClO2Si. The third kappa shape index (κ3) is 6.49. The second kappa shape index (κ2) is 7.80. The highest BCUT2D eigenvalue weighted by molar-refractivity contribution is 7.12. The fourth-order valence-electron chi connectivity index (χ4n) is 1.21. The molecule has 0 aromatic carbocycles. The summed E-state index contributed by atoms with van der Waals surface area (Å²) in [5.41, 5.74) is 0. The highest BCUT2D eigenvalue weighted by atomic mass is 35.6. The molecule has 0 aromatic rings. The van der Waals surface area contributed by atoms with E-state index in [1.807, 2.05) is 6.92 Å². The number of halogens is 1. The average Bonchev–Trinajstić information content (AvgIpc) is 2.13. The topological polar surface area (TPSA) is 18.5 Å². The molecule has 0 aliphatic carbocycles. The first kappa shape index (κ1) is 13.4. The first-order valence-corrected chi connectivity index (χ1v) is 8.10. The van der Waals surface area contributed by atoms with Crippen LogP contribution in [-0.4, -0.2) is 21.6 Å². The van der Waals surface area contributed by atoms with Crippen molar-refractivity contribution in [3.8, 4) is 0 Å². The van der Waals surface area contributed by atoms with E-state index < -0.39 is 7.87 Å². The molecule has 0 rings (SSSR count). The highest BCUT2D eigenvalue weighted by Gasteiger charge is 2.33. The lowest BCUT2D eigenvalue weighted by Crippen LogP contribution is -2.34. The summed E-state index contributed by atoms with van der Waals surface area (Å²) >= 11 is 6.20. The molecule has 0 bridgehead atoms. The van der Waals surface area contributed by atoms with Gasteiger partial charge >= 0.3 is 7.87 Å². The van der Waals surface area contributed by atoms with Crippen LogP contribution in [0.25, 0.3) is 0 Å². The van der Waals surface area contributed by atoms with Gasteiger partial charge in [0.1, 0.15) is 0 Å². The second-order valence-electron chi connectivity index (χ2n) is 3.11. The van der Waals surface area contributed by atoms with Gasteiger partial charge in [0, 0.05) is 19.8 Å². The quantitative estimate of drug-likeness (QED) is 0.357. The van der Waals surface area contributed by atoms with Crippen LogP contribution < -0.4 is 0 Å². The third-order valence-electron chi connectivity index (χ3n) is 1.99. The lowest BCUT2D eigenvalue weighted by molar-refractivity contribution is 0.229. The van der Waals surface area contributed by atoms with E-state index in [9.17, 15) is 0 Å². The van der Waals surface area contributed by atoms with E-state index in [1.165, 1.54) is 19.3 Å². The Labute approximate surface area is 87.5 Å². The Balaban J connectivity index is 3.57. The monoisotopic (exact) mass is 224 g/mol. The molecule has 0 fully saturated rings. The van der Waals surface area contributed by atoms with Gasteiger partial charge in [0.15, 0.2) is 0 Å². The summed E-state index contributed by atoms with van der Waals surface area (Å²) in [4.78, 5) is 0. The molecule has 0 N–H and O–H groups in total. The first-order chi connectivity index (χ1) is 6.18. The van der Waals surface area contributed by atoms with Crippen molar-refractivity contribution in [3.63, 3.8) is 0 Å². The van der Waals surface area contributed by atoms with Crippen molar-refractivity contribution < 1.29 is 8.85 Å². The standard InChI is InChI=1S/C9H21ClO2Si/c1-4-6-7-8-9-13(10,11-3)12-5-2/h4-9H2,1-3H3. The molecule has 1 unspecified atom stereocenters. The van der Waals surface area contributed by atoms with Crippen LogP contribution in [0.4, 0.5) is 0 Å². The summed E-state index contributed by atoms with van der Waals surface area (Å²) in [6.45, 7) is 4.80. The van der Waals surface area contributed by atoms with Crippen molar-refractivity contribution in [2.45, 2.75) is 45.6 Å². The Hall–Kier alpha value is 0.427. The summed E-state index contributed by atoms with van der Waals surface area (Å²) in [6, 6.07) is 0.902. The number of hydrogen-bond donors (Lipinski definition) is 0. The fraction of sp³-hybridized carbons (Fsp3) is 1.00. The van der Waals surface area contributed by atoms with Gasteiger partial charge in [0.25, 0.3) is 0 Å². The molecule has 2 nitrogen and oxygen atoms in total. The summed E-state index contributed by atoms with van der Waals surface area (Å²) in [5, 5.41) is 0. The van der Waals surface area contributed by atoms with Crippen molar-refractivity contribution in [1.29, 1.82) is 0 Å². The number of rotatable bonds is 8. The van der Waals surface area contributed by atoms with Crippen molar-refractivity contribution in [2.24, 2.45) is 0 Å². The minimum absolute atomic E-state index is 0.650. The third-order valence-corrected chi connectivity index (χ3v) is 5.63. The normalized spacial score (nSPS) is 15.7. The van der Waals surface area contributed by atoms with E-state index in [4.69, 9.17) is 19.9 Å². The maximum Gasteiger partial charge on any atom is 0.442 e. The van der Waals surface area contributed by atoms with Crippen molar-refractivity contribution in [3.05, 3.63) is 0 Å². The Kier molecular flexibility index (Phi) is 8.05. The number of unbranched alkanes of at least 4 members (excludes halogenated alkanes) is 3. The number of hydrogen-bond acceptors (Lipinski definition) is 2. The zero-order chi connectivity index (χ0) is 10.2. The van der Waals surface area contributed by atoms with Gasteiger partial charge in [-0.25, -0.2) is 0 Å². The van der Waals surface area contributed by atoms with Crippen molar-refractivity contribution in [1.82, 2.24) is 0 Å². The van der Waals surface area contributed by atoms with E-state index >= 15 is 0 Å². The molecule has 13 heavy (non-hydrogen) atoms. The van der Waals surface area contributed by atoms with Gasteiger partial charge < -0.3 is 8.85 Å². The highest BCUT2D eigenvalue weighted by Crippen LogP contribution is 2.21. The molecule has 0 spiro atoms. The van der Waals surface area contributed by atoms with Crippen LogP contribution in [0.15, 0.2) is 0 Å². The van der Waals surface area contributed by atoms with Crippen LogP contribution in [0.1, 0.15) is 39.5 Å². The van der Waals surface area contributed by atoms with Gasteiger partial charge in [-0.1, -0.05) is 43.7 Å². The van der Waals surface area contributed by atoms with Gasteiger partial charge in [0.2, 0.25) is 0 Å². The largest absolute Gasteiger partial charge is 0.442 e. The van der Waals surface area contributed by atoms with E-state index in [0.29, 0.717) is 6.61 Å². The molecule has 0 aliphatic heterocycles. The Morgan fingerprint density at radius 1 is 1.15 bits per heavy atom. The molecule has 0 aliphatic rings. The Morgan fingerprint density at radius 2 is 1.85 bits per heavy atom. The SMILES string of the molecule is CCCCCC[Si](Cl)(OC)OCC. The molecule has 0 aromatic heterocycles. The van der Waals surface area contributed by atoms with Crippen LogP contribution in [0.2, 0.25) is 6.04 Å². The predicted molar refractivity (Wildman–Crippen MR) is 59.2 cm³/mol. The maximum atomic E-state index is 6.20. The van der Waals surface area contributed by atoms with E-state index in [0.717, 1.165) is 12.5 Å². The van der Waals surface area contributed by atoms with E-state index in [2.05, 4.69) is 6.92 Å². The van der Waals surface area contributed by atoms with Crippen molar-refractivity contribution in [2.75, 3.05) is 13.7 Å².